The van der Waals surface area contributed by atoms with E-state index in [-0.39, 0.29) is 12.6 Å². The van der Waals surface area contributed by atoms with Crippen molar-refractivity contribution >= 4 is 12.4 Å². The van der Waals surface area contributed by atoms with Gasteiger partial charge < -0.3 is 24.8 Å². The minimum absolute atomic E-state index is 0.0215. The smallest absolute Gasteiger partial charge is 0.366 e. The average molecular weight is 336 g/mol. The average Bonchev–Trinajstić information content (AvgIpc) is 2.89. The number of hydrogen-bond acceptors (Lipinski definition) is 6. The molecule has 0 aromatic heterocycles. The van der Waals surface area contributed by atoms with E-state index in [2.05, 4.69) is 5.32 Å². The lowest BCUT2D eigenvalue weighted by Crippen LogP contribution is -2.41. The summed E-state index contributed by atoms with van der Waals surface area (Å²) in [6.45, 7) is 2.39. The van der Waals surface area contributed by atoms with Gasteiger partial charge >= 0.3 is 6.09 Å². The van der Waals surface area contributed by atoms with Gasteiger partial charge in [0.15, 0.2) is 6.29 Å². The molecule has 1 aromatic carbocycles. The fourth-order valence-electron chi connectivity index (χ4n) is 2.49. The number of nitrogens with zero attached hydrogens (tertiary/aromatic N) is 1. The second-order valence-electron chi connectivity index (χ2n) is 5.96. The number of amides is 1. The Labute approximate surface area is 141 Å². The van der Waals surface area contributed by atoms with Crippen LogP contribution in [0.2, 0.25) is 0 Å². The highest BCUT2D eigenvalue weighted by molar-refractivity contribution is 5.66. The lowest BCUT2D eigenvalue weighted by molar-refractivity contribution is -0.126. The number of hydroxylamine groups is 2. The van der Waals surface area contributed by atoms with Crippen LogP contribution in [-0.2, 0) is 20.8 Å². The molecule has 1 aliphatic rings. The number of carbonyl (C=O) groups is 2. The lowest BCUT2D eigenvalue weighted by Gasteiger charge is -2.22. The Bertz CT molecular complexity index is 525. The zero-order valence-electron chi connectivity index (χ0n) is 13.8. The molecule has 1 aliphatic heterocycles. The van der Waals surface area contributed by atoms with Gasteiger partial charge in [0.2, 0.25) is 0 Å². The van der Waals surface area contributed by atoms with E-state index in [4.69, 9.17) is 9.57 Å². The zero-order valence-corrected chi connectivity index (χ0v) is 13.8. The second-order valence-corrected chi connectivity index (χ2v) is 5.96. The molecule has 1 aromatic rings. The Balaban J connectivity index is 1.79. The first-order valence-electron chi connectivity index (χ1n) is 8.09. The third-order valence-electron chi connectivity index (χ3n) is 3.96. The molecule has 2 N–H and O–H groups in total. The van der Waals surface area contributed by atoms with Crippen molar-refractivity contribution in [2.45, 2.75) is 38.5 Å². The molecule has 0 radical (unpaired) electrons. The summed E-state index contributed by atoms with van der Waals surface area (Å²) in [7, 11) is 0. The summed E-state index contributed by atoms with van der Waals surface area (Å²) in [5, 5.41) is 13.9. The van der Waals surface area contributed by atoms with Crippen molar-refractivity contribution < 1.29 is 24.3 Å². The highest BCUT2D eigenvalue weighted by Crippen LogP contribution is 2.20. The minimum atomic E-state index is -1.01. The van der Waals surface area contributed by atoms with Crippen LogP contribution in [-0.4, -0.2) is 48.2 Å². The normalized spacial score (nSPS) is 22.1. The van der Waals surface area contributed by atoms with E-state index in [0.29, 0.717) is 25.8 Å². The van der Waals surface area contributed by atoms with E-state index in [1.807, 2.05) is 37.3 Å². The number of rotatable bonds is 8. The SMILES string of the molecule is CC(CC=O)CCNC(=O)ON1COC(O)C1Cc1ccccc1. The molecule has 3 atom stereocenters. The molecule has 1 saturated heterocycles. The van der Waals surface area contributed by atoms with E-state index in [0.717, 1.165) is 11.8 Å². The molecule has 7 heteroatoms. The number of aliphatic hydroxyl groups excluding tert-OH is 1. The largest absolute Gasteiger partial charge is 0.426 e. The number of aliphatic hydroxyl groups is 1. The maximum absolute atomic E-state index is 11.9. The van der Waals surface area contributed by atoms with Gasteiger partial charge in [-0.2, -0.15) is 0 Å². The van der Waals surface area contributed by atoms with Gasteiger partial charge in [-0.25, -0.2) is 4.79 Å². The number of nitrogens with one attached hydrogen (secondary N) is 1. The molecule has 24 heavy (non-hydrogen) atoms. The summed E-state index contributed by atoms with van der Waals surface area (Å²) in [6.07, 6.45) is 0.948. The number of hydrogen-bond donors (Lipinski definition) is 2. The summed E-state index contributed by atoms with van der Waals surface area (Å²) >= 11 is 0. The van der Waals surface area contributed by atoms with Crippen LogP contribution in [0.15, 0.2) is 30.3 Å². The van der Waals surface area contributed by atoms with Crippen LogP contribution in [0, 0.1) is 5.92 Å². The first-order valence-corrected chi connectivity index (χ1v) is 8.09. The highest BCUT2D eigenvalue weighted by atomic mass is 16.8. The molecule has 0 saturated carbocycles. The van der Waals surface area contributed by atoms with E-state index >= 15 is 0 Å². The molecule has 0 spiro atoms. The van der Waals surface area contributed by atoms with Crippen molar-refractivity contribution in [3.05, 3.63) is 35.9 Å². The van der Waals surface area contributed by atoms with Crippen molar-refractivity contribution in [2.75, 3.05) is 13.3 Å². The molecule has 1 amide bonds. The predicted molar refractivity (Wildman–Crippen MR) is 86.7 cm³/mol. The molecular formula is C17H24N2O5. The van der Waals surface area contributed by atoms with Crippen molar-refractivity contribution in [3.63, 3.8) is 0 Å². The minimum Gasteiger partial charge on any atom is -0.366 e. The maximum Gasteiger partial charge on any atom is 0.426 e. The van der Waals surface area contributed by atoms with Crippen LogP contribution < -0.4 is 5.32 Å². The fourth-order valence-corrected chi connectivity index (χ4v) is 2.49. The van der Waals surface area contributed by atoms with Gasteiger partial charge in [0, 0.05) is 13.0 Å². The monoisotopic (exact) mass is 336 g/mol. The first-order chi connectivity index (χ1) is 11.6. The van der Waals surface area contributed by atoms with Crippen molar-refractivity contribution in [1.82, 2.24) is 10.4 Å². The van der Waals surface area contributed by atoms with Gasteiger partial charge in [-0.15, -0.1) is 5.06 Å². The van der Waals surface area contributed by atoms with Gasteiger partial charge in [0.05, 0.1) is 0 Å². The Morgan fingerprint density at radius 3 is 2.96 bits per heavy atom. The molecule has 1 heterocycles. The number of benzene rings is 1. The molecule has 2 rings (SSSR count). The quantitative estimate of drug-likeness (QED) is 0.699. The van der Waals surface area contributed by atoms with Crippen molar-refractivity contribution in [2.24, 2.45) is 5.92 Å². The van der Waals surface area contributed by atoms with Crippen molar-refractivity contribution in [1.29, 1.82) is 0 Å². The Kier molecular flexibility index (Phi) is 7.17. The summed E-state index contributed by atoms with van der Waals surface area (Å²) in [5.41, 5.74) is 1.02. The van der Waals surface area contributed by atoms with E-state index < -0.39 is 18.4 Å². The van der Waals surface area contributed by atoms with Crippen LogP contribution in [0.1, 0.15) is 25.3 Å². The number of aldehydes is 1. The van der Waals surface area contributed by atoms with Gasteiger partial charge in [-0.05, 0) is 24.3 Å². The van der Waals surface area contributed by atoms with Gasteiger partial charge in [0.25, 0.3) is 0 Å². The van der Waals surface area contributed by atoms with Gasteiger partial charge in [-0.1, -0.05) is 37.3 Å². The van der Waals surface area contributed by atoms with Crippen LogP contribution in [0.4, 0.5) is 4.79 Å². The standard InChI is InChI=1S/C17H24N2O5/c1-13(8-10-20)7-9-18-17(22)24-19-12-23-16(21)15(19)11-14-5-3-2-4-6-14/h2-6,10,13,15-16,21H,7-9,11-12H2,1H3,(H,18,22). The Morgan fingerprint density at radius 2 is 2.25 bits per heavy atom. The van der Waals surface area contributed by atoms with Crippen LogP contribution in [0.3, 0.4) is 0 Å². The second kappa shape index (κ2) is 9.36. The molecular weight excluding hydrogens is 312 g/mol. The zero-order chi connectivity index (χ0) is 17.4. The number of carbonyl (C=O) groups excluding carboxylic acids is 2. The van der Waals surface area contributed by atoms with Crippen LogP contribution in [0.25, 0.3) is 0 Å². The van der Waals surface area contributed by atoms with Crippen LogP contribution >= 0.6 is 0 Å². The van der Waals surface area contributed by atoms with E-state index in [9.17, 15) is 14.7 Å². The van der Waals surface area contributed by atoms with Gasteiger partial charge in [-0.3, -0.25) is 0 Å². The lowest BCUT2D eigenvalue weighted by atomic mass is 10.1. The summed E-state index contributed by atoms with van der Waals surface area (Å²) < 4.78 is 5.16. The molecule has 7 nitrogen and oxygen atoms in total. The van der Waals surface area contributed by atoms with E-state index in [1.54, 1.807) is 0 Å². The van der Waals surface area contributed by atoms with Crippen molar-refractivity contribution in [3.8, 4) is 0 Å². The topological polar surface area (TPSA) is 88.1 Å². The summed E-state index contributed by atoms with van der Waals surface area (Å²) in [5.74, 6) is 0.213. The van der Waals surface area contributed by atoms with E-state index in [1.165, 1.54) is 5.06 Å². The first kappa shape index (κ1) is 18.4. The molecule has 0 aliphatic carbocycles. The van der Waals surface area contributed by atoms with Crippen LogP contribution in [0.5, 0.6) is 0 Å². The Morgan fingerprint density at radius 1 is 1.50 bits per heavy atom. The third-order valence-corrected chi connectivity index (χ3v) is 3.96. The Hall–Kier alpha value is -1.96. The molecule has 1 fully saturated rings. The third kappa shape index (κ3) is 5.59. The predicted octanol–water partition coefficient (Wildman–Crippen LogP) is 1.46. The molecule has 3 unspecified atom stereocenters. The summed E-state index contributed by atoms with van der Waals surface area (Å²) in [4.78, 5) is 27.5. The molecule has 0 bridgehead atoms. The maximum atomic E-state index is 11.9. The van der Waals surface area contributed by atoms with Gasteiger partial charge in [0.1, 0.15) is 19.1 Å². The fraction of sp³-hybridized carbons (Fsp3) is 0.529. The highest BCUT2D eigenvalue weighted by Gasteiger charge is 2.36. The summed E-state index contributed by atoms with van der Waals surface area (Å²) in [6, 6.07) is 9.17. The molecule has 132 valence electrons. The number of ether oxygens (including phenoxy) is 1.